The number of aliphatic hydroxyl groups is 1. The summed E-state index contributed by atoms with van der Waals surface area (Å²) in [6.07, 6.45) is -2.29. The summed E-state index contributed by atoms with van der Waals surface area (Å²) < 4.78 is 70.5. The van der Waals surface area contributed by atoms with Crippen LogP contribution in [0.5, 0.6) is 11.5 Å². The summed E-state index contributed by atoms with van der Waals surface area (Å²) in [6.45, 7) is 2.14. The van der Waals surface area contributed by atoms with Gasteiger partial charge in [0.2, 0.25) is 5.60 Å². The maximum atomic E-state index is 14.9. The van der Waals surface area contributed by atoms with Gasteiger partial charge in [-0.05, 0) is 75.2 Å². The van der Waals surface area contributed by atoms with E-state index in [1.165, 1.54) is 30.5 Å². The third-order valence-electron chi connectivity index (χ3n) is 8.45. The molecule has 1 fully saturated rings. The van der Waals surface area contributed by atoms with Crippen LogP contribution >= 0.6 is 0 Å². The van der Waals surface area contributed by atoms with E-state index in [9.17, 15) is 27.5 Å². The maximum Gasteiger partial charge on any atom is 0.424 e. The number of carbonyl (C=O) groups is 1. The number of ether oxygens (including phenoxy) is 2. The molecule has 5 aromatic rings. The normalized spacial score (nSPS) is 18.8. The minimum absolute atomic E-state index is 0.00621. The number of benzene rings is 2. The number of alkyl halides is 3. The van der Waals surface area contributed by atoms with E-state index >= 15 is 0 Å². The quantitative estimate of drug-likeness (QED) is 0.204. The molecule has 0 bridgehead atoms. The number of hydrogen-bond acceptors (Lipinski definition) is 9. The van der Waals surface area contributed by atoms with Crippen molar-refractivity contribution < 1.29 is 36.9 Å². The predicted molar refractivity (Wildman–Crippen MR) is 158 cm³/mol. The van der Waals surface area contributed by atoms with Crippen molar-refractivity contribution in [2.75, 3.05) is 13.2 Å². The maximum absolute atomic E-state index is 14.9. The number of hydrogen-bond donors (Lipinski definition) is 3. The van der Waals surface area contributed by atoms with Crippen LogP contribution in [0.2, 0.25) is 0 Å². The van der Waals surface area contributed by atoms with Crippen LogP contribution in [0.15, 0.2) is 54.7 Å². The molecule has 242 valence electrons. The molecule has 0 spiro atoms. The number of pyridine rings is 1. The highest BCUT2D eigenvalue weighted by Gasteiger charge is 2.57. The van der Waals surface area contributed by atoms with Crippen molar-refractivity contribution >= 4 is 16.8 Å². The van der Waals surface area contributed by atoms with Gasteiger partial charge in [-0.1, -0.05) is 5.21 Å². The molecular formula is C32H27F4N7O4. The Labute approximate surface area is 264 Å². The molecule has 1 amide bonds. The van der Waals surface area contributed by atoms with Crippen LogP contribution in [-0.2, 0) is 11.0 Å². The van der Waals surface area contributed by atoms with Crippen LogP contribution in [0.3, 0.4) is 0 Å². The highest BCUT2D eigenvalue weighted by Crippen LogP contribution is 2.49. The lowest BCUT2D eigenvalue weighted by Crippen LogP contribution is -2.51. The predicted octanol–water partition coefficient (Wildman–Crippen LogP) is 4.68. The molecule has 1 saturated carbocycles. The average molecular weight is 650 g/mol. The number of aryl methyl sites for hydroxylation is 1. The van der Waals surface area contributed by atoms with Crippen molar-refractivity contribution in [3.8, 4) is 22.8 Å². The number of amides is 1. The molecular weight excluding hydrogens is 622 g/mol. The molecule has 7 rings (SSSR count). The van der Waals surface area contributed by atoms with E-state index in [4.69, 9.17) is 9.47 Å². The fraction of sp³-hybridized carbons (Fsp3) is 0.312. The van der Waals surface area contributed by atoms with E-state index in [2.05, 4.69) is 35.9 Å². The Kier molecular flexibility index (Phi) is 7.11. The molecule has 15 heteroatoms. The zero-order valence-corrected chi connectivity index (χ0v) is 25.0. The average Bonchev–Trinajstić information content (AvgIpc) is 3.53. The Morgan fingerprint density at radius 1 is 1.15 bits per heavy atom. The van der Waals surface area contributed by atoms with Gasteiger partial charge in [-0.3, -0.25) is 9.89 Å². The van der Waals surface area contributed by atoms with Gasteiger partial charge in [0.15, 0.2) is 0 Å². The second-order valence-electron chi connectivity index (χ2n) is 12.0. The van der Waals surface area contributed by atoms with Gasteiger partial charge in [0.1, 0.15) is 35.1 Å². The first-order chi connectivity index (χ1) is 22.4. The smallest absolute Gasteiger partial charge is 0.424 e. The van der Waals surface area contributed by atoms with Crippen LogP contribution in [-0.4, -0.2) is 67.0 Å². The lowest BCUT2D eigenvalue weighted by Gasteiger charge is -2.31. The number of fused-ring (bicyclic) bond motifs is 2. The molecule has 1 aliphatic heterocycles. The van der Waals surface area contributed by atoms with Crippen molar-refractivity contribution in [3.63, 3.8) is 0 Å². The molecule has 47 heavy (non-hydrogen) atoms. The van der Waals surface area contributed by atoms with E-state index in [0.717, 1.165) is 31.0 Å². The number of H-pyrrole nitrogens is 1. The molecule has 3 aromatic heterocycles. The Balaban J connectivity index is 1.29. The van der Waals surface area contributed by atoms with Crippen molar-refractivity contribution in [2.45, 2.75) is 50.0 Å². The Hall–Kier alpha value is -5.18. The van der Waals surface area contributed by atoms with E-state index < -0.39 is 41.2 Å². The molecule has 2 aliphatic rings. The number of aromatic amines is 1. The topological polar surface area (TPSA) is 148 Å². The molecule has 4 heterocycles. The first kappa shape index (κ1) is 30.5. The third-order valence-corrected chi connectivity index (χ3v) is 8.45. The number of rotatable bonds is 8. The van der Waals surface area contributed by atoms with E-state index in [0.29, 0.717) is 22.3 Å². The molecule has 1 aliphatic carbocycles. The zero-order valence-electron chi connectivity index (χ0n) is 25.0. The van der Waals surface area contributed by atoms with Gasteiger partial charge >= 0.3 is 6.18 Å². The summed E-state index contributed by atoms with van der Waals surface area (Å²) in [5.74, 6) is -1.01. The number of halogens is 4. The highest BCUT2D eigenvalue weighted by molar-refractivity contribution is 6.00. The van der Waals surface area contributed by atoms with Crippen LogP contribution in [0.1, 0.15) is 52.8 Å². The van der Waals surface area contributed by atoms with Gasteiger partial charge < -0.3 is 19.9 Å². The Morgan fingerprint density at radius 2 is 1.91 bits per heavy atom. The summed E-state index contributed by atoms with van der Waals surface area (Å²) >= 11 is 0. The Morgan fingerprint density at radius 3 is 2.60 bits per heavy atom. The Bertz CT molecular complexity index is 2000. The second-order valence-corrected chi connectivity index (χ2v) is 12.0. The fourth-order valence-corrected chi connectivity index (χ4v) is 5.55. The van der Waals surface area contributed by atoms with Gasteiger partial charge in [0.25, 0.3) is 5.91 Å². The van der Waals surface area contributed by atoms with Crippen LogP contribution in [0.4, 0.5) is 17.6 Å². The summed E-state index contributed by atoms with van der Waals surface area (Å²) in [6, 6.07) is 10.6. The summed E-state index contributed by atoms with van der Waals surface area (Å²) in [5, 5.41) is 32.7. The van der Waals surface area contributed by atoms with E-state index in [-0.39, 0.29) is 46.6 Å². The SMILES string of the molecule is Cc1cc2cc(C(=O)NCC(O)(c3cc4c(c(-c5ccc(F)cc5)n3)OC[C@]4(C)c3cnn[nH]3)C(F)(F)F)cc(OC3CC3)c2nn1. The van der Waals surface area contributed by atoms with Gasteiger partial charge in [0, 0.05) is 22.1 Å². The number of nitrogens with one attached hydrogen (secondary N) is 2. The standard InChI is InChI=1S/C32H27F4N7O4/c1-16-9-18-10-19(11-23(26(18)42-40-16)47-21-7-8-21)29(44)37-14-31(45,32(34,35)36)24-12-22-28(27(39-24)17-3-5-20(33)6-4-17)46-15-30(22,2)25-13-38-43-41-25/h3-6,9-13,21,45H,7-8,14-15H2,1-2H3,(H,37,44)(H,38,41,43)/t30-,31?/m0/s1. The minimum atomic E-state index is -5.30. The minimum Gasteiger partial charge on any atom is -0.490 e. The van der Waals surface area contributed by atoms with Crippen molar-refractivity contribution in [1.29, 1.82) is 0 Å². The largest absolute Gasteiger partial charge is 0.490 e. The molecule has 0 saturated heterocycles. The van der Waals surface area contributed by atoms with E-state index in [1.807, 2.05) is 0 Å². The van der Waals surface area contributed by atoms with Crippen LogP contribution in [0, 0.1) is 12.7 Å². The van der Waals surface area contributed by atoms with Crippen molar-refractivity contribution in [3.05, 3.63) is 88.8 Å². The number of nitrogens with zero attached hydrogens (tertiary/aromatic N) is 5. The monoisotopic (exact) mass is 649 g/mol. The highest BCUT2D eigenvalue weighted by atomic mass is 19.4. The second kappa shape index (κ2) is 11.0. The van der Waals surface area contributed by atoms with Crippen molar-refractivity contribution in [1.82, 2.24) is 35.9 Å². The first-order valence-electron chi connectivity index (χ1n) is 14.7. The van der Waals surface area contributed by atoms with Crippen molar-refractivity contribution in [2.24, 2.45) is 0 Å². The van der Waals surface area contributed by atoms with Gasteiger partial charge in [0.05, 0.1) is 41.3 Å². The van der Waals surface area contributed by atoms with E-state index in [1.54, 1.807) is 19.9 Å². The van der Waals surface area contributed by atoms with Crippen LogP contribution in [0.25, 0.3) is 22.2 Å². The number of aromatic nitrogens is 6. The molecule has 2 aromatic carbocycles. The first-order valence-corrected chi connectivity index (χ1v) is 14.7. The van der Waals surface area contributed by atoms with Gasteiger partial charge in [-0.25, -0.2) is 9.37 Å². The van der Waals surface area contributed by atoms with Crippen LogP contribution < -0.4 is 14.8 Å². The lowest BCUT2D eigenvalue weighted by molar-refractivity contribution is -0.265. The molecule has 11 nitrogen and oxygen atoms in total. The zero-order chi connectivity index (χ0) is 33.1. The molecule has 3 N–H and O–H groups in total. The lowest BCUT2D eigenvalue weighted by atomic mass is 9.80. The molecule has 1 unspecified atom stereocenters. The van der Waals surface area contributed by atoms with Gasteiger partial charge in [-0.15, -0.1) is 10.2 Å². The summed E-state index contributed by atoms with van der Waals surface area (Å²) in [4.78, 5) is 17.7. The molecule has 0 radical (unpaired) electrons. The summed E-state index contributed by atoms with van der Waals surface area (Å²) in [7, 11) is 0. The third kappa shape index (κ3) is 5.39. The summed E-state index contributed by atoms with van der Waals surface area (Å²) in [5.41, 5.74) is -3.61. The van der Waals surface area contributed by atoms with Gasteiger partial charge in [-0.2, -0.15) is 18.3 Å². The fourth-order valence-electron chi connectivity index (χ4n) is 5.55. The molecule has 2 atom stereocenters. The number of carbonyl (C=O) groups excluding carboxylic acids is 1.